The molecule has 0 saturated heterocycles. The summed E-state index contributed by atoms with van der Waals surface area (Å²) < 4.78 is 0. The highest BCUT2D eigenvalue weighted by Gasteiger charge is 2.30. The minimum Gasteiger partial charge on any atom is -0.508 e. The average Bonchev–Trinajstić information content (AvgIpc) is 2.67. The van der Waals surface area contributed by atoms with Crippen LogP contribution in [0.5, 0.6) is 5.75 Å². The van der Waals surface area contributed by atoms with E-state index in [1.54, 1.807) is 6.07 Å². The second-order valence-corrected chi connectivity index (χ2v) is 8.42. The van der Waals surface area contributed by atoms with Crippen LogP contribution in [0.1, 0.15) is 102 Å². The van der Waals surface area contributed by atoms with Crippen molar-refractivity contribution in [2.75, 3.05) is 0 Å². The topological polar surface area (TPSA) is 20.2 Å². The van der Waals surface area contributed by atoms with Crippen LogP contribution >= 0.6 is 0 Å². The highest BCUT2D eigenvalue weighted by Crippen LogP contribution is 2.42. The molecular weight excluding hydrogens is 328 g/mol. The van der Waals surface area contributed by atoms with Crippen LogP contribution in [0.2, 0.25) is 0 Å². The van der Waals surface area contributed by atoms with Crippen molar-refractivity contribution < 1.29 is 5.11 Å². The van der Waals surface area contributed by atoms with Gasteiger partial charge >= 0.3 is 0 Å². The van der Waals surface area contributed by atoms with Crippen molar-refractivity contribution in [2.45, 2.75) is 90.4 Å². The van der Waals surface area contributed by atoms with Gasteiger partial charge in [0.15, 0.2) is 0 Å². The number of hydrogen-bond acceptors (Lipinski definition) is 1. The van der Waals surface area contributed by atoms with Crippen molar-refractivity contribution >= 4 is 0 Å². The number of phenols is 1. The van der Waals surface area contributed by atoms with Gasteiger partial charge in [0, 0.05) is 11.0 Å². The number of benzene rings is 2. The first-order valence-corrected chi connectivity index (χ1v) is 10.9. The van der Waals surface area contributed by atoms with E-state index >= 15 is 0 Å². The summed E-state index contributed by atoms with van der Waals surface area (Å²) >= 11 is 0. The summed E-state index contributed by atoms with van der Waals surface area (Å²) in [5.41, 5.74) is 3.65. The molecule has 0 amide bonds. The summed E-state index contributed by atoms with van der Waals surface area (Å²) in [7, 11) is 0. The molecule has 148 valence electrons. The Morgan fingerprint density at radius 1 is 0.741 bits per heavy atom. The largest absolute Gasteiger partial charge is 0.508 e. The number of phenolic OH excluding ortho intramolecular Hbond substituents is 1. The van der Waals surface area contributed by atoms with Crippen LogP contribution in [0.3, 0.4) is 0 Å². The van der Waals surface area contributed by atoms with Crippen LogP contribution in [0.4, 0.5) is 0 Å². The van der Waals surface area contributed by atoms with Crippen LogP contribution in [0.25, 0.3) is 0 Å². The van der Waals surface area contributed by atoms with Gasteiger partial charge in [-0.05, 0) is 36.0 Å². The van der Waals surface area contributed by atoms with E-state index in [1.165, 1.54) is 62.5 Å². The van der Waals surface area contributed by atoms with Crippen LogP contribution in [0.15, 0.2) is 48.5 Å². The number of unbranched alkanes of at least 4 members (excludes halogenated alkanes) is 4. The lowest BCUT2D eigenvalue weighted by atomic mass is 9.72. The van der Waals surface area contributed by atoms with E-state index in [1.807, 2.05) is 12.1 Å². The van der Waals surface area contributed by atoms with Crippen LogP contribution in [-0.4, -0.2) is 5.11 Å². The Hall–Kier alpha value is -1.76. The molecule has 0 unspecified atom stereocenters. The van der Waals surface area contributed by atoms with E-state index in [9.17, 15) is 5.11 Å². The van der Waals surface area contributed by atoms with Crippen LogP contribution in [-0.2, 0) is 5.41 Å². The van der Waals surface area contributed by atoms with E-state index in [2.05, 4.69) is 58.0 Å². The van der Waals surface area contributed by atoms with Crippen molar-refractivity contribution in [1.29, 1.82) is 0 Å². The summed E-state index contributed by atoms with van der Waals surface area (Å²) in [4.78, 5) is 0. The zero-order valence-corrected chi connectivity index (χ0v) is 17.8. The van der Waals surface area contributed by atoms with E-state index in [0.717, 1.165) is 5.56 Å². The van der Waals surface area contributed by atoms with Crippen molar-refractivity contribution in [3.63, 3.8) is 0 Å². The van der Waals surface area contributed by atoms with Gasteiger partial charge in [-0.3, -0.25) is 0 Å². The Balaban J connectivity index is 2.39. The molecule has 27 heavy (non-hydrogen) atoms. The predicted molar refractivity (Wildman–Crippen MR) is 118 cm³/mol. The highest BCUT2D eigenvalue weighted by atomic mass is 16.3. The monoisotopic (exact) mass is 366 g/mol. The zero-order chi connectivity index (χ0) is 19.7. The standard InChI is InChI=1S/C26H38O/c1-5-7-9-15-21(16-10-8-6-2)22-17-11-12-18-23(22)26(3,4)24-19-13-14-20-25(24)27/h11-14,17-21,27H,5-10,15-16H2,1-4H3. The molecule has 2 aromatic rings. The summed E-state index contributed by atoms with van der Waals surface area (Å²) in [6.45, 7) is 9.05. The fourth-order valence-corrected chi connectivity index (χ4v) is 4.31. The van der Waals surface area contributed by atoms with Gasteiger partial charge in [0.05, 0.1) is 0 Å². The van der Waals surface area contributed by atoms with Crippen LogP contribution < -0.4 is 0 Å². The number of hydrogen-bond donors (Lipinski definition) is 1. The first kappa shape index (κ1) is 21.5. The summed E-state index contributed by atoms with van der Waals surface area (Å²) in [6.07, 6.45) is 10.3. The normalized spacial score (nSPS) is 11.9. The highest BCUT2D eigenvalue weighted by molar-refractivity contribution is 5.48. The third-order valence-corrected chi connectivity index (χ3v) is 5.96. The first-order valence-electron chi connectivity index (χ1n) is 10.9. The lowest BCUT2D eigenvalue weighted by Crippen LogP contribution is -2.22. The second-order valence-electron chi connectivity index (χ2n) is 8.42. The third kappa shape index (κ3) is 5.61. The van der Waals surface area contributed by atoms with Crippen molar-refractivity contribution in [1.82, 2.24) is 0 Å². The molecule has 0 fully saturated rings. The van der Waals surface area contributed by atoms with E-state index < -0.39 is 0 Å². The van der Waals surface area contributed by atoms with E-state index in [-0.39, 0.29) is 5.41 Å². The fourth-order valence-electron chi connectivity index (χ4n) is 4.31. The van der Waals surface area contributed by atoms with Gasteiger partial charge < -0.3 is 5.11 Å². The number of para-hydroxylation sites is 1. The molecule has 0 saturated carbocycles. The lowest BCUT2D eigenvalue weighted by Gasteiger charge is -2.32. The molecule has 0 aromatic heterocycles. The molecule has 0 heterocycles. The maximum atomic E-state index is 10.5. The molecule has 2 aromatic carbocycles. The number of aromatic hydroxyl groups is 1. The third-order valence-electron chi connectivity index (χ3n) is 5.96. The van der Waals surface area contributed by atoms with Gasteiger partial charge in [0.25, 0.3) is 0 Å². The van der Waals surface area contributed by atoms with Gasteiger partial charge in [0.2, 0.25) is 0 Å². The van der Waals surface area contributed by atoms with Crippen LogP contribution in [0, 0.1) is 0 Å². The van der Waals surface area contributed by atoms with Gasteiger partial charge in [-0.1, -0.05) is 109 Å². The summed E-state index contributed by atoms with van der Waals surface area (Å²) in [5, 5.41) is 10.5. The lowest BCUT2D eigenvalue weighted by molar-refractivity contribution is 0.449. The molecule has 1 N–H and O–H groups in total. The molecule has 0 aliphatic rings. The molecule has 0 aliphatic carbocycles. The smallest absolute Gasteiger partial charge is 0.119 e. The molecule has 0 bridgehead atoms. The maximum Gasteiger partial charge on any atom is 0.119 e. The van der Waals surface area contributed by atoms with Gasteiger partial charge in [-0.2, -0.15) is 0 Å². The zero-order valence-electron chi connectivity index (χ0n) is 17.8. The first-order chi connectivity index (χ1) is 13.0. The Bertz CT molecular complexity index is 676. The Kier molecular flexibility index (Phi) is 8.41. The molecule has 1 nitrogen and oxygen atoms in total. The molecule has 0 atom stereocenters. The molecule has 0 spiro atoms. The van der Waals surface area contributed by atoms with E-state index in [0.29, 0.717) is 11.7 Å². The SMILES string of the molecule is CCCCCC(CCCCC)c1ccccc1C(C)(C)c1ccccc1O. The number of rotatable bonds is 11. The molecule has 1 heteroatoms. The summed E-state index contributed by atoms with van der Waals surface area (Å²) in [6, 6.07) is 16.7. The van der Waals surface area contributed by atoms with Gasteiger partial charge in [0.1, 0.15) is 5.75 Å². The van der Waals surface area contributed by atoms with E-state index in [4.69, 9.17) is 0 Å². The predicted octanol–water partition coefficient (Wildman–Crippen LogP) is 7.96. The van der Waals surface area contributed by atoms with Crippen molar-refractivity contribution in [3.8, 4) is 5.75 Å². The maximum absolute atomic E-state index is 10.5. The molecule has 0 radical (unpaired) electrons. The van der Waals surface area contributed by atoms with Gasteiger partial charge in [-0.15, -0.1) is 0 Å². The van der Waals surface area contributed by atoms with Crippen molar-refractivity contribution in [3.05, 3.63) is 65.2 Å². The molecule has 2 rings (SSSR count). The van der Waals surface area contributed by atoms with Gasteiger partial charge in [-0.25, -0.2) is 0 Å². The summed E-state index contributed by atoms with van der Waals surface area (Å²) in [5.74, 6) is 1.01. The fraction of sp³-hybridized carbons (Fsp3) is 0.538. The Morgan fingerprint density at radius 3 is 1.81 bits per heavy atom. The Labute approximate surface area is 166 Å². The average molecular weight is 367 g/mol. The quantitative estimate of drug-likeness (QED) is 0.400. The van der Waals surface area contributed by atoms with Crippen molar-refractivity contribution in [2.24, 2.45) is 0 Å². The molecular formula is C26H38O. The molecule has 0 aliphatic heterocycles. The minimum absolute atomic E-state index is 0.213. The second kappa shape index (κ2) is 10.5. The minimum atomic E-state index is -0.213. The Morgan fingerprint density at radius 2 is 1.26 bits per heavy atom.